The van der Waals surface area contributed by atoms with E-state index in [1.165, 1.54) is 0 Å². The molecule has 1 aromatic rings. The molecule has 5 nitrogen and oxygen atoms in total. The highest BCUT2D eigenvalue weighted by Crippen LogP contribution is 2.36. The average molecular weight is 263 g/mol. The molecule has 1 aliphatic rings. The van der Waals surface area contributed by atoms with Crippen molar-refractivity contribution in [2.24, 2.45) is 0 Å². The Hall–Kier alpha value is -1.65. The summed E-state index contributed by atoms with van der Waals surface area (Å²) in [5.41, 5.74) is 0.187. The molecule has 0 radical (unpaired) electrons. The maximum absolute atomic E-state index is 11.7. The first-order valence-electron chi connectivity index (χ1n) is 6.96. The van der Waals surface area contributed by atoms with E-state index < -0.39 is 11.5 Å². The predicted octanol–water partition coefficient (Wildman–Crippen LogP) is 2.26. The fourth-order valence-electron chi connectivity index (χ4n) is 2.88. The highest BCUT2D eigenvalue weighted by molar-refractivity contribution is 5.84. The van der Waals surface area contributed by atoms with E-state index >= 15 is 0 Å². The largest absolute Gasteiger partial charge is 0.479 e. The Morgan fingerprint density at radius 2 is 2.26 bits per heavy atom. The van der Waals surface area contributed by atoms with Gasteiger partial charge in [-0.1, -0.05) is 20.3 Å². The number of hydrogen-bond donors (Lipinski definition) is 1. The van der Waals surface area contributed by atoms with Gasteiger partial charge in [0, 0.05) is 18.3 Å². The first-order valence-corrected chi connectivity index (χ1v) is 6.96. The first kappa shape index (κ1) is 13.8. The molecule has 2 rings (SSSR count). The minimum Gasteiger partial charge on any atom is -0.479 e. The highest BCUT2D eigenvalue weighted by Gasteiger charge is 2.46. The second-order valence-corrected chi connectivity index (χ2v) is 5.06. The summed E-state index contributed by atoms with van der Waals surface area (Å²) in [4.78, 5) is 22.1. The van der Waals surface area contributed by atoms with E-state index in [1.807, 2.05) is 17.9 Å². The fourth-order valence-corrected chi connectivity index (χ4v) is 2.88. The zero-order valence-electron chi connectivity index (χ0n) is 11.6. The number of rotatable bonds is 5. The van der Waals surface area contributed by atoms with Crippen LogP contribution in [0, 0.1) is 0 Å². The minimum atomic E-state index is -0.794. The van der Waals surface area contributed by atoms with Crippen molar-refractivity contribution in [1.82, 2.24) is 9.97 Å². The summed E-state index contributed by atoms with van der Waals surface area (Å²) < 4.78 is 0. The van der Waals surface area contributed by atoms with Gasteiger partial charge >= 0.3 is 5.97 Å². The maximum atomic E-state index is 11.7. The van der Waals surface area contributed by atoms with Crippen LogP contribution < -0.4 is 4.90 Å². The van der Waals surface area contributed by atoms with Crippen molar-refractivity contribution in [3.05, 3.63) is 18.1 Å². The van der Waals surface area contributed by atoms with E-state index in [0.29, 0.717) is 12.8 Å². The zero-order valence-corrected chi connectivity index (χ0v) is 11.6. The molecule has 0 aliphatic carbocycles. The van der Waals surface area contributed by atoms with Gasteiger partial charge in [0.15, 0.2) is 0 Å². The lowest BCUT2D eigenvalue weighted by Crippen LogP contribution is -2.50. The molecule has 1 aliphatic heterocycles. The normalized spacial score (nSPS) is 22.7. The monoisotopic (exact) mass is 263 g/mol. The van der Waals surface area contributed by atoms with Crippen LogP contribution in [0.4, 0.5) is 5.82 Å². The molecule has 0 amide bonds. The smallest absolute Gasteiger partial charge is 0.329 e. The summed E-state index contributed by atoms with van der Waals surface area (Å²) in [6, 6.07) is 1.93. The lowest BCUT2D eigenvalue weighted by atomic mass is 9.93. The van der Waals surface area contributed by atoms with Crippen molar-refractivity contribution in [3.8, 4) is 0 Å². The molecule has 0 aromatic carbocycles. The van der Waals surface area contributed by atoms with E-state index in [2.05, 4.69) is 16.9 Å². The van der Waals surface area contributed by atoms with Crippen molar-refractivity contribution in [3.63, 3.8) is 0 Å². The van der Waals surface area contributed by atoms with Crippen molar-refractivity contribution < 1.29 is 9.90 Å². The van der Waals surface area contributed by atoms with E-state index in [4.69, 9.17) is 0 Å². The van der Waals surface area contributed by atoms with Crippen LogP contribution in [0.5, 0.6) is 0 Å². The highest BCUT2D eigenvalue weighted by atomic mass is 16.4. The molecule has 104 valence electrons. The van der Waals surface area contributed by atoms with E-state index in [9.17, 15) is 9.90 Å². The topological polar surface area (TPSA) is 66.3 Å². The number of anilines is 1. The second kappa shape index (κ2) is 5.55. The van der Waals surface area contributed by atoms with Gasteiger partial charge < -0.3 is 10.0 Å². The number of hydrogen-bond acceptors (Lipinski definition) is 4. The Balaban J connectivity index is 2.34. The number of aryl methyl sites for hydroxylation is 1. The molecule has 0 spiro atoms. The zero-order chi connectivity index (χ0) is 13.9. The van der Waals surface area contributed by atoms with Crippen LogP contribution in [0.1, 0.15) is 45.2 Å². The Kier molecular flexibility index (Phi) is 4.02. The van der Waals surface area contributed by atoms with Crippen LogP contribution in [0.25, 0.3) is 0 Å². The third kappa shape index (κ3) is 2.41. The number of nitrogens with zero attached hydrogens (tertiary/aromatic N) is 3. The second-order valence-electron chi connectivity index (χ2n) is 5.06. The predicted molar refractivity (Wildman–Crippen MR) is 73.3 cm³/mol. The molecule has 19 heavy (non-hydrogen) atoms. The van der Waals surface area contributed by atoms with Crippen molar-refractivity contribution in [2.75, 3.05) is 11.4 Å². The molecule has 1 fully saturated rings. The van der Waals surface area contributed by atoms with E-state index in [1.54, 1.807) is 6.33 Å². The lowest BCUT2D eigenvalue weighted by Gasteiger charge is -2.34. The summed E-state index contributed by atoms with van der Waals surface area (Å²) in [5, 5.41) is 9.58. The van der Waals surface area contributed by atoms with Gasteiger partial charge in [-0.3, -0.25) is 0 Å². The Morgan fingerprint density at radius 3 is 2.89 bits per heavy atom. The average Bonchev–Trinajstić information content (AvgIpc) is 2.84. The van der Waals surface area contributed by atoms with E-state index in [-0.39, 0.29) is 0 Å². The maximum Gasteiger partial charge on any atom is 0.329 e. The Morgan fingerprint density at radius 1 is 1.47 bits per heavy atom. The summed E-state index contributed by atoms with van der Waals surface area (Å²) in [5.74, 6) is 0.00311. The van der Waals surface area contributed by atoms with Gasteiger partial charge in [0.05, 0.1) is 0 Å². The van der Waals surface area contributed by atoms with Crippen molar-refractivity contribution in [2.45, 2.75) is 51.5 Å². The molecule has 1 unspecified atom stereocenters. The van der Waals surface area contributed by atoms with Gasteiger partial charge in [0.2, 0.25) is 0 Å². The van der Waals surface area contributed by atoms with Crippen LogP contribution in [-0.2, 0) is 11.2 Å². The van der Waals surface area contributed by atoms with Crippen LogP contribution in [-0.4, -0.2) is 33.1 Å². The molecule has 1 N–H and O–H groups in total. The number of aromatic nitrogens is 2. The van der Waals surface area contributed by atoms with Crippen molar-refractivity contribution >= 4 is 11.8 Å². The Bertz CT molecular complexity index is 464. The molecule has 2 heterocycles. The van der Waals surface area contributed by atoms with E-state index in [0.717, 1.165) is 37.3 Å². The number of carboxylic acid groups (broad SMARTS) is 1. The molecule has 1 atom stereocenters. The van der Waals surface area contributed by atoms with Crippen LogP contribution in [0.2, 0.25) is 0 Å². The number of aliphatic carboxylic acids is 1. The molecular weight excluding hydrogens is 242 g/mol. The summed E-state index contributed by atoms with van der Waals surface area (Å²) in [7, 11) is 0. The first-order chi connectivity index (χ1) is 9.14. The quantitative estimate of drug-likeness (QED) is 0.882. The van der Waals surface area contributed by atoms with Gasteiger partial charge in [0.1, 0.15) is 17.7 Å². The SMILES string of the molecule is CCCc1cc(N2CCCC2(CC)C(=O)O)ncn1. The van der Waals surface area contributed by atoms with Crippen LogP contribution >= 0.6 is 0 Å². The summed E-state index contributed by atoms with van der Waals surface area (Å²) >= 11 is 0. The number of carbonyl (C=O) groups is 1. The molecule has 0 saturated carbocycles. The van der Waals surface area contributed by atoms with Crippen LogP contribution in [0.15, 0.2) is 12.4 Å². The number of carboxylic acids is 1. The van der Waals surface area contributed by atoms with Crippen LogP contribution in [0.3, 0.4) is 0 Å². The third-order valence-electron chi connectivity index (χ3n) is 3.96. The summed E-state index contributed by atoms with van der Waals surface area (Å²) in [6.45, 7) is 4.79. The fraction of sp³-hybridized carbons (Fsp3) is 0.643. The van der Waals surface area contributed by atoms with Gasteiger partial charge in [-0.2, -0.15) is 0 Å². The lowest BCUT2D eigenvalue weighted by molar-refractivity contribution is -0.143. The van der Waals surface area contributed by atoms with Gasteiger partial charge in [-0.25, -0.2) is 14.8 Å². The molecule has 1 saturated heterocycles. The molecular formula is C14H21N3O2. The molecule has 5 heteroatoms. The van der Waals surface area contributed by atoms with Gasteiger partial charge in [-0.15, -0.1) is 0 Å². The van der Waals surface area contributed by atoms with Gasteiger partial charge in [-0.05, 0) is 25.7 Å². The van der Waals surface area contributed by atoms with Crippen molar-refractivity contribution in [1.29, 1.82) is 0 Å². The standard InChI is InChI=1S/C14H21N3O2/c1-3-6-11-9-12(16-10-15-11)17-8-5-7-14(17,4-2)13(18)19/h9-10H,3-8H2,1-2H3,(H,18,19). The third-order valence-corrected chi connectivity index (χ3v) is 3.96. The summed E-state index contributed by atoms with van der Waals surface area (Å²) in [6.07, 6.45) is 5.64. The molecule has 1 aromatic heterocycles. The minimum absolute atomic E-state index is 0.593. The molecule has 0 bridgehead atoms. The Labute approximate surface area is 113 Å². The van der Waals surface area contributed by atoms with Gasteiger partial charge in [0.25, 0.3) is 0 Å².